The van der Waals surface area contributed by atoms with Gasteiger partial charge < -0.3 is 10.1 Å². The van der Waals surface area contributed by atoms with Gasteiger partial charge in [0.25, 0.3) is 10.0 Å². The van der Waals surface area contributed by atoms with E-state index >= 15 is 0 Å². The second-order valence-corrected chi connectivity index (χ2v) is 13.3. The quantitative estimate of drug-likeness (QED) is 0.239. The summed E-state index contributed by atoms with van der Waals surface area (Å²) in [6.45, 7) is 10.2. The van der Waals surface area contributed by atoms with E-state index in [1.165, 1.54) is 19.3 Å². The number of nitrogens with one attached hydrogen (secondary N) is 2. The van der Waals surface area contributed by atoms with Crippen molar-refractivity contribution in [1.82, 2.24) is 15.3 Å². The van der Waals surface area contributed by atoms with E-state index < -0.39 is 10.0 Å². The van der Waals surface area contributed by atoms with Crippen molar-refractivity contribution in [3.8, 4) is 17.1 Å². The second kappa shape index (κ2) is 13.5. The minimum Gasteiger partial charge on any atom is -0.475 e. The molecule has 1 saturated carbocycles. The van der Waals surface area contributed by atoms with E-state index in [1.54, 1.807) is 18.2 Å². The zero-order valence-corrected chi connectivity index (χ0v) is 25.6. The average molecular weight is 579 g/mol. The van der Waals surface area contributed by atoms with Crippen LogP contribution in [-0.4, -0.2) is 37.4 Å². The fourth-order valence-electron chi connectivity index (χ4n) is 5.71. The fourth-order valence-corrected chi connectivity index (χ4v) is 6.79. The number of aryl methyl sites for hydroxylation is 3. The van der Waals surface area contributed by atoms with Gasteiger partial charge in [-0.3, -0.25) is 4.79 Å². The molecule has 2 aromatic carbocycles. The lowest BCUT2D eigenvalue weighted by Gasteiger charge is -2.23. The number of carbonyl (C=O) groups is 1. The first-order chi connectivity index (χ1) is 19.6. The van der Waals surface area contributed by atoms with Crippen LogP contribution >= 0.6 is 0 Å². The molecule has 41 heavy (non-hydrogen) atoms. The third-order valence-corrected chi connectivity index (χ3v) is 8.93. The lowest BCUT2D eigenvalue weighted by molar-refractivity contribution is -0.110. The lowest BCUT2D eigenvalue weighted by atomic mass is 9.84. The molecule has 220 valence electrons. The van der Waals surface area contributed by atoms with Crippen molar-refractivity contribution >= 4 is 22.4 Å². The number of sulfonamides is 1. The summed E-state index contributed by atoms with van der Waals surface area (Å²) in [6.07, 6.45) is 7.12. The Morgan fingerprint density at radius 1 is 1.00 bits per heavy atom. The molecule has 1 aromatic heterocycles. The van der Waals surface area contributed by atoms with Gasteiger partial charge in [0.05, 0.1) is 16.6 Å². The van der Waals surface area contributed by atoms with Crippen molar-refractivity contribution in [2.24, 2.45) is 5.92 Å². The normalized spacial score (nSPS) is 15.0. The van der Waals surface area contributed by atoms with Crippen LogP contribution in [0.5, 0.6) is 5.88 Å². The minimum absolute atomic E-state index is 0.0652. The van der Waals surface area contributed by atoms with Crippen molar-refractivity contribution in [1.29, 1.82) is 0 Å². The summed E-state index contributed by atoms with van der Waals surface area (Å²) in [5.41, 5.74) is 5.41. The highest BCUT2D eigenvalue weighted by Crippen LogP contribution is 2.35. The lowest BCUT2D eigenvalue weighted by Crippen LogP contribution is -2.35. The van der Waals surface area contributed by atoms with E-state index in [0.717, 1.165) is 47.1 Å². The Morgan fingerprint density at radius 2 is 1.71 bits per heavy atom. The number of anilines is 1. The maximum absolute atomic E-state index is 13.7. The second-order valence-electron chi connectivity index (χ2n) is 11.6. The smallest absolute Gasteiger partial charge is 0.264 e. The number of nitrogens with zero attached hydrogens (tertiary/aromatic N) is 2. The van der Waals surface area contributed by atoms with E-state index in [2.05, 4.69) is 39.9 Å². The molecular formula is C32H42N4O4S. The highest BCUT2D eigenvalue weighted by Gasteiger charge is 2.23. The first-order valence-corrected chi connectivity index (χ1v) is 16.0. The van der Waals surface area contributed by atoms with Crippen molar-refractivity contribution in [2.75, 3.05) is 11.3 Å². The molecule has 1 fully saturated rings. The van der Waals surface area contributed by atoms with Gasteiger partial charge in [-0.05, 0) is 86.3 Å². The molecule has 0 radical (unpaired) electrons. The number of rotatable bonds is 12. The summed E-state index contributed by atoms with van der Waals surface area (Å²) >= 11 is 0. The zero-order valence-electron chi connectivity index (χ0n) is 24.7. The molecule has 1 aliphatic carbocycles. The third-order valence-electron chi connectivity index (χ3n) is 7.62. The van der Waals surface area contributed by atoms with Gasteiger partial charge in [0.1, 0.15) is 6.61 Å². The average Bonchev–Trinajstić information content (AvgIpc) is 2.91. The molecule has 1 amide bonds. The van der Waals surface area contributed by atoms with Crippen molar-refractivity contribution in [2.45, 2.75) is 90.0 Å². The van der Waals surface area contributed by atoms with Gasteiger partial charge in [-0.2, -0.15) is 4.98 Å². The predicted molar refractivity (Wildman–Crippen MR) is 163 cm³/mol. The highest BCUT2D eigenvalue weighted by molar-refractivity contribution is 7.92. The Kier molecular flexibility index (Phi) is 10.0. The van der Waals surface area contributed by atoms with Crippen molar-refractivity contribution < 1.29 is 17.9 Å². The van der Waals surface area contributed by atoms with E-state index in [-0.39, 0.29) is 29.4 Å². The highest BCUT2D eigenvalue weighted by atomic mass is 32.2. The molecule has 0 aliphatic heterocycles. The molecule has 8 nitrogen and oxygen atoms in total. The molecule has 9 heteroatoms. The van der Waals surface area contributed by atoms with Crippen LogP contribution in [0.25, 0.3) is 11.3 Å². The summed E-state index contributed by atoms with van der Waals surface area (Å²) in [6, 6.07) is 13.0. The van der Waals surface area contributed by atoms with Crippen LogP contribution in [0.3, 0.4) is 0 Å². The monoisotopic (exact) mass is 578 g/mol. The molecule has 3 aromatic rings. The number of carbonyl (C=O) groups excluding carboxylic acids is 1. The van der Waals surface area contributed by atoms with Gasteiger partial charge in [-0.15, -0.1) is 0 Å². The van der Waals surface area contributed by atoms with Gasteiger partial charge in [0.15, 0.2) is 0 Å². The SMILES string of the molecule is Cc1cc(C2CCCCC2)cc(S(=O)(=O)Nc2nc(OC[C@@H](CC(C)C)NC=O)cc(-c3c(C)cccc3C)n2)c1. The molecule has 1 aliphatic rings. The zero-order chi connectivity index (χ0) is 29.6. The number of hydrogen-bond donors (Lipinski definition) is 2. The first-order valence-electron chi connectivity index (χ1n) is 14.5. The first kappa shape index (κ1) is 30.5. The topological polar surface area (TPSA) is 110 Å². The Hall–Kier alpha value is -3.46. The molecule has 0 bridgehead atoms. The number of benzene rings is 2. The van der Waals surface area contributed by atoms with Crippen LogP contribution in [0.1, 0.15) is 80.5 Å². The van der Waals surface area contributed by atoms with E-state index in [0.29, 0.717) is 23.9 Å². The summed E-state index contributed by atoms with van der Waals surface area (Å²) in [7, 11) is -3.98. The number of hydrogen-bond acceptors (Lipinski definition) is 6. The van der Waals surface area contributed by atoms with E-state index in [9.17, 15) is 13.2 Å². The molecule has 0 unspecified atom stereocenters. The Morgan fingerprint density at radius 3 is 2.37 bits per heavy atom. The molecule has 4 rings (SSSR count). The van der Waals surface area contributed by atoms with Crippen molar-refractivity contribution in [3.63, 3.8) is 0 Å². The fraction of sp³-hybridized carbons (Fsp3) is 0.469. The van der Waals surface area contributed by atoms with Crippen LogP contribution in [-0.2, 0) is 14.8 Å². The van der Waals surface area contributed by atoms with Crippen LogP contribution in [0.2, 0.25) is 0 Å². The van der Waals surface area contributed by atoms with Gasteiger partial charge >= 0.3 is 0 Å². The van der Waals surface area contributed by atoms with Gasteiger partial charge in [-0.25, -0.2) is 18.1 Å². The summed E-state index contributed by atoms with van der Waals surface area (Å²) in [5.74, 6) is 0.885. The number of amides is 1. The van der Waals surface area contributed by atoms with Crippen molar-refractivity contribution in [3.05, 3.63) is 64.7 Å². The molecule has 1 heterocycles. The number of aromatic nitrogens is 2. The molecule has 0 saturated heterocycles. The summed E-state index contributed by atoms with van der Waals surface area (Å²) < 4.78 is 36.0. The standard InChI is InChI=1S/C32H42N4O4S/c1-21(2)14-27(33-20-37)19-40-30-18-29(31-23(4)10-9-11-24(31)5)34-32(35-30)36-41(38,39)28-16-22(3)15-26(17-28)25-12-7-6-8-13-25/h9-11,15-18,20-21,25,27H,6-8,12-14,19H2,1-5H3,(H,33,37)(H,34,35,36)/t27-/m1/s1. The Balaban J connectivity index is 1.69. The van der Waals surface area contributed by atoms with Crippen LogP contribution in [0, 0.1) is 26.7 Å². The molecular weight excluding hydrogens is 536 g/mol. The summed E-state index contributed by atoms with van der Waals surface area (Å²) in [5, 5.41) is 2.80. The number of ether oxygens (including phenoxy) is 1. The van der Waals surface area contributed by atoms with Crippen LogP contribution in [0.15, 0.2) is 47.4 Å². The Labute approximate surface area is 244 Å². The Bertz CT molecular complexity index is 1450. The summed E-state index contributed by atoms with van der Waals surface area (Å²) in [4.78, 5) is 20.4. The van der Waals surface area contributed by atoms with Crippen LogP contribution < -0.4 is 14.8 Å². The maximum atomic E-state index is 13.7. The molecule has 1 atom stereocenters. The molecule has 0 spiro atoms. The van der Waals surface area contributed by atoms with Gasteiger partial charge in [-0.1, -0.05) is 57.4 Å². The third kappa shape index (κ3) is 8.06. The van der Waals surface area contributed by atoms with Crippen LogP contribution in [0.4, 0.5) is 5.95 Å². The van der Waals surface area contributed by atoms with E-state index in [1.807, 2.05) is 39.0 Å². The minimum atomic E-state index is -3.98. The largest absolute Gasteiger partial charge is 0.475 e. The predicted octanol–water partition coefficient (Wildman–Crippen LogP) is 6.46. The van der Waals surface area contributed by atoms with E-state index in [4.69, 9.17) is 4.74 Å². The molecule has 2 N–H and O–H groups in total. The van der Waals surface area contributed by atoms with Gasteiger partial charge in [0, 0.05) is 11.6 Å². The maximum Gasteiger partial charge on any atom is 0.264 e. The van der Waals surface area contributed by atoms with Gasteiger partial charge in [0.2, 0.25) is 18.2 Å².